The van der Waals surface area contributed by atoms with Crippen LogP contribution in [0, 0.1) is 50.7 Å². The fourth-order valence-corrected chi connectivity index (χ4v) is 13.4. The summed E-state index contributed by atoms with van der Waals surface area (Å²) in [4.78, 5) is 12.8. The van der Waals surface area contributed by atoms with E-state index in [1.54, 1.807) is 7.11 Å². The van der Waals surface area contributed by atoms with E-state index in [1.807, 2.05) is 0 Å². The lowest BCUT2D eigenvalue weighted by Crippen LogP contribution is -2.64. The van der Waals surface area contributed by atoms with Gasteiger partial charge in [0, 0.05) is 25.9 Å². The quantitative estimate of drug-likeness (QED) is 0.262. The molecule has 5 saturated carbocycles. The molecule has 0 amide bonds. The maximum Gasteiger partial charge on any atom is 0.302 e. The zero-order valence-corrected chi connectivity index (χ0v) is 28.2. The van der Waals surface area contributed by atoms with Crippen LogP contribution >= 0.6 is 0 Å². The van der Waals surface area contributed by atoms with Gasteiger partial charge in [0.2, 0.25) is 0 Å². The molecule has 2 heterocycles. The second kappa shape index (κ2) is 10.3. The van der Waals surface area contributed by atoms with Gasteiger partial charge >= 0.3 is 5.97 Å². The predicted molar refractivity (Wildman–Crippen MR) is 161 cm³/mol. The number of carbonyl (C=O) groups is 1. The number of esters is 1. The molecule has 16 atom stereocenters. The van der Waals surface area contributed by atoms with Crippen LogP contribution in [0.1, 0.15) is 92.9 Å². The van der Waals surface area contributed by atoms with Crippen LogP contribution in [-0.2, 0) is 28.5 Å². The third kappa shape index (κ3) is 4.12. The molecule has 0 bridgehead atoms. The molecule has 2 spiro atoms. The summed E-state index contributed by atoms with van der Waals surface area (Å²) in [5.41, 5.74) is -0.446. The van der Waals surface area contributed by atoms with Crippen LogP contribution < -0.4 is 0 Å². The maximum absolute atomic E-state index is 12.8. The highest BCUT2D eigenvalue weighted by molar-refractivity contribution is 5.66. The molecule has 7 aliphatic rings. The number of ether oxygens (including phenoxy) is 5. The molecule has 7 fully saturated rings. The lowest BCUT2D eigenvalue weighted by Gasteiger charge is -2.65. The van der Waals surface area contributed by atoms with E-state index in [-0.39, 0.29) is 76.4 Å². The Bertz CT molecular complexity index is 1190. The number of hydrogen-bond donors (Lipinski definition) is 4. The van der Waals surface area contributed by atoms with Gasteiger partial charge in [-0.15, -0.1) is 0 Å². The Morgan fingerprint density at radius 1 is 0.933 bits per heavy atom. The van der Waals surface area contributed by atoms with Crippen molar-refractivity contribution >= 4 is 5.97 Å². The van der Waals surface area contributed by atoms with Crippen LogP contribution in [0.25, 0.3) is 0 Å². The Kier molecular flexibility index (Phi) is 7.50. The van der Waals surface area contributed by atoms with Gasteiger partial charge in [-0.1, -0.05) is 34.6 Å². The highest BCUT2D eigenvalue weighted by atomic mass is 16.7. The zero-order valence-electron chi connectivity index (χ0n) is 28.2. The first-order valence-electron chi connectivity index (χ1n) is 17.4. The summed E-state index contributed by atoms with van der Waals surface area (Å²) in [5, 5.41) is 41.2. The van der Waals surface area contributed by atoms with Gasteiger partial charge in [0.25, 0.3) is 0 Å². The average molecular weight is 637 g/mol. The molecule has 0 aromatic rings. The van der Waals surface area contributed by atoms with Crippen LogP contribution in [0.4, 0.5) is 0 Å². The van der Waals surface area contributed by atoms with E-state index in [9.17, 15) is 25.2 Å². The molecule has 10 nitrogen and oxygen atoms in total. The molecule has 0 aromatic heterocycles. The first kappa shape index (κ1) is 32.7. The zero-order chi connectivity index (χ0) is 32.5. The Balaban J connectivity index is 1.21. The van der Waals surface area contributed by atoms with Gasteiger partial charge in [-0.2, -0.15) is 0 Å². The molecule has 45 heavy (non-hydrogen) atoms. The molecule has 5 aliphatic carbocycles. The monoisotopic (exact) mass is 636 g/mol. The summed E-state index contributed by atoms with van der Waals surface area (Å²) in [5.74, 6) is 0.0202. The minimum Gasteiger partial charge on any atom is -0.462 e. The van der Waals surface area contributed by atoms with E-state index in [0.717, 1.165) is 44.9 Å². The number of aliphatic hydroxyl groups excluding tert-OH is 4. The fraction of sp³-hybridized carbons (Fsp3) is 0.971. The normalized spacial score (nSPS) is 57.9. The Morgan fingerprint density at radius 3 is 2.31 bits per heavy atom. The van der Waals surface area contributed by atoms with Gasteiger partial charge in [0.05, 0.1) is 25.4 Å². The third-order valence-electron chi connectivity index (χ3n) is 15.4. The molecule has 10 heteroatoms. The van der Waals surface area contributed by atoms with Gasteiger partial charge in [0.1, 0.15) is 24.4 Å². The summed E-state index contributed by atoms with van der Waals surface area (Å²) in [7, 11) is 1.62. The molecular formula is C35H56O10. The van der Waals surface area contributed by atoms with E-state index in [2.05, 4.69) is 34.6 Å². The second-order valence-electron chi connectivity index (χ2n) is 17.2. The van der Waals surface area contributed by atoms with E-state index in [0.29, 0.717) is 18.3 Å². The summed E-state index contributed by atoms with van der Waals surface area (Å²) >= 11 is 0. The van der Waals surface area contributed by atoms with Crippen molar-refractivity contribution < 1.29 is 48.9 Å². The smallest absolute Gasteiger partial charge is 0.302 e. The van der Waals surface area contributed by atoms with E-state index < -0.39 is 30.4 Å². The SMILES string of the molecule is CO[C@@]1(CO)C[C@@H](C)[C@H]2[C@H](C[C@@]3(C)[C@@H]4CC[C@H]5C(C)(C)[C@@H](O[C@@H]6OC[C@@H](O)[C@H](O)[C@H]6O)CC[C@@]56C[C@@]46C[C@@H](OC(C)=O)[C@]23C)O1. The molecule has 0 aromatic carbocycles. The van der Waals surface area contributed by atoms with Gasteiger partial charge in [-0.25, -0.2) is 0 Å². The number of methoxy groups -OCH3 is 1. The molecule has 0 radical (unpaired) electrons. The first-order valence-corrected chi connectivity index (χ1v) is 17.4. The number of rotatable bonds is 5. The number of carbonyl (C=O) groups excluding carboxylic acids is 1. The van der Waals surface area contributed by atoms with Crippen molar-refractivity contribution in [3.05, 3.63) is 0 Å². The summed E-state index contributed by atoms with van der Waals surface area (Å²) in [6, 6.07) is 0. The predicted octanol–water partition coefficient (Wildman–Crippen LogP) is 3.16. The lowest BCUT2D eigenvalue weighted by molar-refractivity contribution is -0.310. The van der Waals surface area contributed by atoms with Crippen molar-refractivity contribution in [2.45, 2.75) is 142 Å². The summed E-state index contributed by atoms with van der Waals surface area (Å²) in [6.45, 7) is 12.9. The molecule has 4 N–H and O–H groups in total. The summed E-state index contributed by atoms with van der Waals surface area (Å²) < 4.78 is 31.1. The van der Waals surface area contributed by atoms with Gasteiger partial charge in [-0.05, 0) is 90.3 Å². The van der Waals surface area contributed by atoms with Crippen molar-refractivity contribution in [1.29, 1.82) is 0 Å². The molecule has 0 unspecified atom stereocenters. The molecule has 7 rings (SSSR count). The largest absolute Gasteiger partial charge is 0.462 e. The number of hydrogen-bond acceptors (Lipinski definition) is 10. The van der Waals surface area contributed by atoms with E-state index >= 15 is 0 Å². The molecule has 2 saturated heterocycles. The Labute approximate surface area is 267 Å². The molecule has 256 valence electrons. The highest BCUT2D eigenvalue weighted by Crippen LogP contribution is 2.89. The molecule has 2 aliphatic heterocycles. The number of aliphatic hydroxyl groups is 4. The summed E-state index contributed by atoms with van der Waals surface area (Å²) in [6.07, 6.45) is 2.21. The van der Waals surface area contributed by atoms with Gasteiger partial charge in [0.15, 0.2) is 12.1 Å². The van der Waals surface area contributed by atoms with Crippen molar-refractivity contribution in [2.75, 3.05) is 20.3 Å². The minimum absolute atomic E-state index is 0.0553. The maximum atomic E-state index is 12.8. The Hall–Kier alpha value is -0.850. The van der Waals surface area contributed by atoms with Gasteiger partial charge in [-0.3, -0.25) is 4.79 Å². The van der Waals surface area contributed by atoms with Crippen LogP contribution in [0.2, 0.25) is 0 Å². The standard InChI is InChI=1S/C35H56O10/c1-18-12-35(17-36,41-7)45-21-13-31(5)23-9-8-22-30(3,4)24(44-29-28(40)27(39)20(38)15-42-29)10-11-33(22)16-34(23,33)14-25(43-19(2)37)32(31,6)26(18)21/h18,20-29,36,38-40H,8-17H2,1-7H3/t18-,20-,21+,22+,23+,24+,25-,26+,27+,28-,29+,31+,32-,33-,34+,35+/m1/s1. The number of fused-ring (bicyclic) bond motifs is 4. The average Bonchev–Trinajstić information content (AvgIpc) is 3.56. The third-order valence-corrected chi connectivity index (χ3v) is 15.4. The lowest BCUT2D eigenvalue weighted by atomic mass is 9.41. The highest BCUT2D eigenvalue weighted by Gasteiger charge is 2.85. The van der Waals surface area contributed by atoms with Crippen molar-refractivity contribution in [3.63, 3.8) is 0 Å². The fourth-order valence-electron chi connectivity index (χ4n) is 13.4. The first-order chi connectivity index (χ1) is 21.1. The van der Waals surface area contributed by atoms with Crippen LogP contribution in [0.15, 0.2) is 0 Å². The van der Waals surface area contributed by atoms with E-state index in [1.165, 1.54) is 6.92 Å². The Morgan fingerprint density at radius 2 is 1.64 bits per heavy atom. The van der Waals surface area contributed by atoms with Crippen LogP contribution in [-0.4, -0.2) is 95.4 Å². The van der Waals surface area contributed by atoms with Crippen molar-refractivity contribution in [3.8, 4) is 0 Å². The van der Waals surface area contributed by atoms with Crippen molar-refractivity contribution in [2.24, 2.45) is 50.7 Å². The topological polar surface area (TPSA) is 144 Å². The van der Waals surface area contributed by atoms with Gasteiger partial charge < -0.3 is 44.1 Å². The van der Waals surface area contributed by atoms with E-state index in [4.69, 9.17) is 23.7 Å². The molecular weight excluding hydrogens is 580 g/mol. The minimum atomic E-state index is -1.30. The van der Waals surface area contributed by atoms with Crippen LogP contribution in [0.5, 0.6) is 0 Å². The van der Waals surface area contributed by atoms with Crippen molar-refractivity contribution in [1.82, 2.24) is 0 Å². The van der Waals surface area contributed by atoms with Crippen LogP contribution in [0.3, 0.4) is 0 Å². The second-order valence-corrected chi connectivity index (χ2v) is 17.2.